The van der Waals surface area contributed by atoms with E-state index in [2.05, 4.69) is 0 Å². The van der Waals surface area contributed by atoms with Crippen molar-refractivity contribution in [3.63, 3.8) is 0 Å². The van der Waals surface area contributed by atoms with E-state index in [9.17, 15) is 9.59 Å². The lowest BCUT2D eigenvalue weighted by atomic mass is 9.86. The molecule has 1 aliphatic carbocycles. The monoisotopic (exact) mass is 248 g/mol. The molecule has 18 heavy (non-hydrogen) atoms. The zero-order chi connectivity index (χ0) is 13.5. The molecule has 1 aromatic rings. The standard InChI is InChI=1S/C14H16O4/c1-8-5-9(2)11(6-10(8)13(17)18)14(3-4-14)7-12(15)16/h5-6H,3-4,7H2,1-2H3,(H,15,16)(H,17,18). The number of rotatable bonds is 4. The molecule has 4 nitrogen and oxygen atoms in total. The molecule has 0 saturated heterocycles. The molecule has 1 aliphatic rings. The minimum absolute atomic E-state index is 0.0793. The van der Waals surface area contributed by atoms with Crippen LogP contribution in [-0.2, 0) is 10.2 Å². The van der Waals surface area contributed by atoms with Crippen LogP contribution in [0.2, 0.25) is 0 Å². The number of carboxylic acids is 2. The SMILES string of the molecule is Cc1cc(C)c(C2(CC(=O)O)CC2)cc1C(=O)O. The zero-order valence-corrected chi connectivity index (χ0v) is 10.5. The lowest BCUT2D eigenvalue weighted by Crippen LogP contribution is -2.16. The number of benzene rings is 1. The van der Waals surface area contributed by atoms with Crippen LogP contribution in [0.25, 0.3) is 0 Å². The van der Waals surface area contributed by atoms with Crippen LogP contribution in [0.4, 0.5) is 0 Å². The number of carbonyl (C=O) groups is 2. The van der Waals surface area contributed by atoms with Gasteiger partial charge in [-0.15, -0.1) is 0 Å². The molecule has 0 atom stereocenters. The predicted molar refractivity (Wildman–Crippen MR) is 66.0 cm³/mol. The molecule has 96 valence electrons. The van der Waals surface area contributed by atoms with E-state index in [1.54, 1.807) is 13.0 Å². The first-order chi connectivity index (χ1) is 8.35. The average molecular weight is 248 g/mol. The first kappa shape index (κ1) is 12.6. The molecular formula is C14H16O4. The van der Waals surface area contributed by atoms with Gasteiger partial charge in [0.15, 0.2) is 0 Å². The Labute approximate surface area is 105 Å². The fourth-order valence-electron chi connectivity index (χ4n) is 2.64. The predicted octanol–water partition coefficient (Wildman–Crippen LogP) is 2.51. The van der Waals surface area contributed by atoms with Crippen molar-refractivity contribution in [1.29, 1.82) is 0 Å². The number of hydrogen-bond donors (Lipinski definition) is 2. The van der Waals surface area contributed by atoms with Crippen LogP contribution < -0.4 is 0 Å². The molecule has 0 aliphatic heterocycles. The molecule has 0 heterocycles. The minimum Gasteiger partial charge on any atom is -0.481 e. The summed E-state index contributed by atoms with van der Waals surface area (Å²) in [6, 6.07) is 3.49. The van der Waals surface area contributed by atoms with Gasteiger partial charge >= 0.3 is 11.9 Å². The Morgan fingerprint density at radius 3 is 2.22 bits per heavy atom. The van der Waals surface area contributed by atoms with Crippen molar-refractivity contribution in [2.75, 3.05) is 0 Å². The maximum Gasteiger partial charge on any atom is 0.335 e. The summed E-state index contributed by atoms with van der Waals surface area (Å²) in [5.74, 6) is -1.79. The summed E-state index contributed by atoms with van der Waals surface area (Å²) in [4.78, 5) is 22.0. The van der Waals surface area contributed by atoms with Crippen LogP contribution in [-0.4, -0.2) is 22.2 Å². The van der Waals surface area contributed by atoms with E-state index >= 15 is 0 Å². The van der Waals surface area contributed by atoms with Gasteiger partial charge in [-0.3, -0.25) is 4.79 Å². The number of aromatic carboxylic acids is 1. The summed E-state index contributed by atoms with van der Waals surface area (Å²) in [5.41, 5.74) is 2.51. The van der Waals surface area contributed by atoms with E-state index in [0.29, 0.717) is 0 Å². The molecule has 0 radical (unpaired) electrons. The Morgan fingerprint density at radius 1 is 1.17 bits per heavy atom. The van der Waals surface area contributed by atoms with Crippen molar-refractivity contribution >= 4 is 11.9 Å². The van der Waals surface area contributed by atoms with Crippen molar-refractivity contribution < 1.29 is 19.8 Å². The van der Waals surface area contributed by atoms with E-state index in [1.165, 1.54) is 0 Å². The highest BCUT2D eigenvalue weighted by Gasteiger charge is 2.47. The van der Waals surface area contributed by atoms with Gasteiger partial charge in [-0.2, -0.15) is 0 Å². The van der Waals surface area contributed by atoms with Crippen molar-refractivity contribution in [2.24, 2.45) is 0 Å². The molecule has 2 N–H and O–H groups in total. The Bertz CT molecular complexity index is 527. The number of aliphatic carboxylic acids is 1. The highest BCUT2D eigenvalue weighted by Crippen LogP contribution is 2.52. The Balaban J connectivity index is 2.48. The zero-order valence-electron chi connectivity index (χ0n) is 10.5. The molecule has 0 unspecified atom stereocenters. The van der Waals surface area contributed by atoms with Gasteiger partial charge in [0, 0.05) is 5.41 Å². The van der Waals surface area contributed by atoms with Crippen molar-refractivity contribution in [2.45, 2.75) is 38.5 Å². The average Bonchev–Trinajstić information content (AvgIpc) is 2.96. The third kappa shape index (κ3) is 2.10. The fourth-order valence-corrected chi connectivity index (χ4v) is 2.64. The first-order valence-electron chi connectivity index (χ1n) is 5.92. The number of carboxylic acid groups (broad SMARTS) is 2. The van der Waals surface area contributed by atoms with Crippen molar-refractivity contribution in [3.05, 3.63) is 34.4 Å². The Morgan fingerprint density at radius 2 is 1.78 bits per heavy atom. The van der Waals surface area contributed by atoms with Gasteiger partial charge in [0.25, 0.3) is 0 Å². The van der Waals surface area contributed by atoms with E-state index in [4.69, 9.17) is 10.2 Å². The summed E-state index contributed by atoms with van der Waals surface area (Å²) in [6.07, 6.45) is 1.72. The second-order valence-corrected chi connectivity index (χ2v) is 5.14. The summed E-state index contributed by atoms with van der Waals surface area (Å²) < 4.78 is 0. The number of aryl methyl sites for hydroxylation is 2. The molecule has 2 rings (SSSR count). The molecule has 0 bridgehead atoms. The summed E-state index contributed by atoms with van der Waals surface area (Å²) in [6.45, 7) is 3.67. The van der Waals surface area contributed by atoms with Crippen LogP contribution in [0, 0.1) is 13.8 Å². The highest BCUT2D eigenvalue weighted by molar-refractivity contribution is 5.90. The largest absolute Gasteiger partial charge is 0.481 e. The second-order valence-electron chi connectivity index (χ2n) is 5.14. The van der Waals surface area contributed by atoms with Gasteiger partial charge in [-0.25, -0.2) is 4.79 Å². The van der Waals surface area contributed by atoms with Gasteiger partial charge in [-0.1, -0.05) is 6.07 Å². The van der Waals surface area contributed by atoms with Gasteiger partial charge in [-0.05, 0) is 49.4 Å². The van der Waals surface area contributed by atoms with E-state index in [1.807, 2.05) is 13.0 Å². The van der Waals surface area contributed by atoms with Gasteiger partial charge in [0.05, 0.1) is 12.0 Å². The van der Waals surface area contributed by atoms with Gasteiger partial charge < -0.3 is 10.2 Å². The lowest BCUT2D eigenvalue weighted by molar-refractivity contribution is -0.137. The Kier molecular flexibility index (Phi) is 2.89. The second kappa shape index (κ2) is 4.12. The van der Waals surface area contributed by atoms with E-state index in [0.717, 1.165) is 29.5 Å². The summed E-state index contributed by atoms with van der Waals surface area (Å²) in [5, 5.41) is 18.1. The highest BCUT2D eigenvalue weighted by atomic mass is 16.4. The van der Waals surface area contributed by atoms with Crippen molar-refractivity contribution in [1.82, 2.24) is 0 Å². The maximum absolute atomic E-state index is 11.1. The molecular weight excluding hydrogens is 232 g/mol. The van der Waals surface area contributed by atoms with Gasteiger partial charge in [0.1, 0.15) is 0 Å². The smallest absolute Gasteiger partial charge is 0.335 e. The van der Waals surface area contributed by atoms with Gasteiger partial charge in [0.2, 0.25) is 0 Å². The molecule has 1 aromatic carbocycles. The third-order valence-corrected chi connectivity index (χ3v) is 3.72. The summed E-state index contributed by atoms with van der Waals surface area (Å²) >= 11 is 0. The normalized spacial score (nSPS) is 16.3. The maximum atomic E-state index is 11.1. The van der Waals surface area contributed by atoms with Crippen LogP contribution in [0.3, 0.4) is 0 Å². The summed E-state index contributed by atoms with van der Waals surface area (Å²) in [7, 11) is 0. The third-order valence-electron chi connectivity index (χ3n) is 3.72. The molecule has 1 saturated carbocycles. The van der Waals surface area contributed by atoms with Crippen LogP contribution in [0.5, 0.6) is 0 Å². The topological polar surface area (TPSA) is 74.6 Å². The van der Waals surface area contributed by atoms with Crippen molar-refractivity contribution in [3.8, 4) is 0 Å². The van der Waals surface area contributed by atoms with Crippen LogP contribution >= 0.6 is 0 Å². The quantitative estimate of drug-likeness (QED) is 0.858. The van der Waals surface area contributed by atoms with Crippen LogP contribution in [0.15, 0.2) is 12.1 Å². The first-order valence-corrected chi connectivity index (χ1v) is 5.92. The molecule has 0 aromatic heterocycles. The molecule has 0 amide bonds. The fraction of sp³-hybridized carbons (Fsp3) is 0.429. The van der Waals surface area contributed by atoms with E-state index < -0.39 is 11.9 Å². The molecule has 4 heteroatoms. The lowest BCUT2D eigenvalue weighted by Gasteiger charge is -2.18. The number of hydrogen-bond acceptors (Lipinski definition) is 2. The molecule has 1 fully saturated rings. The van der Waals surface area contributed by atoms with Crippen LogP contribution in [0.1, 0.15) is 46.3 Å². The Hall–Kier alpha value is -1.84. The van der Waals surface area contributed by atoms with E-state index in [-0.39, 0.29) is 17.4 Å². The minimum atomic E-state index is -0.958. The molecule has 0 spiro atoms.